The zero-order valence-corrected chi connectivity index (χ0v) is 11.8. The summed E-state index contributed by atoms with van der Waals surface area (Å²) in [5.41, 5.74) is -1.03. The summed E-state index contributed by atoms with van der Waals surface area (Å²) in [4.78, 5) is 22.8. The lowest BCUT2D eigenvalue weighted by Crippen LogP contribution is -2.50. The van der Waals surface area contributed by atoms with Crippen LogP contribution in [0.15, 0.2) is 18.2 Å². The van der Waals surface area contributed by atoms with Crippen molar-refractivity contribution in [2.24, 2.45) is 0 Å². The van der Waals surface area contributed by atoms with Crippen LogP contribution < -0.4 is 5.32 Å². The van der Waals surface area contributed by atoms with Crippen LogP contribution in [0, 0.1) is 5.82 Å². The van der Waals surface area contributed by atoms with E-state index >= 15 is 0 Å². The number of hydrogen-bond acceptors (Lipinski definition) is 3. The molecule has 0 radical (unpaired) electrons. The molecule has 2 N–H and O–H groups in total. The average molecular weight is 304 g/mol. The molecule has 1 amide bonds. The smallest absolute Gasteiger partial charge is 0.305 e. The molecule has 0 saturated heterocycles. The molecule has 1 aromatic carbocycles. The number of carbonyl (C=O) groups excluding carboxylic acids is 1. The summed E-state index contributed by atoms with van der Waals surface area (Å²) in [6.07, 6.45) is -0.317. The van der Waals surface area contributed by atoms with Gasteiger partial charge in [-0.2, -0.15) is 0 Å². The third-order valence-electron chi connectivity index (χ3n) is 2.60. The highest BCUT2D eigenvalue weighted by molar-refractivity contribution is 6.30. The minimum absolute atomic E-state index is 0.0150. The van der Waals surface area contributed by atoms with Crippen molar-refractivity contribution in [2.75, 3.05) is 13.7 Å². The fourth-order valence-electron chi connectivity index (χ4n) is 1.77. The standard InChI is InChI=1S/C13H15ClFNO4/c1-13(7-20-2,6-11(17)18)16-12(19)8-3-4-9(14)10(15)5-8/h3-5H,6-7H2,1-2H3,(H,16,19)(H,17,18). The van der Waals surface area contributed by atoms with Crippen LogP contribution in [0.5, 0.6) is 0 Å². The van der Waals surface area contributed by atoms with Gasteiger partial charge in [-0.05, 0) is 25.1 Å². The molecule has 20 heavy (non-hydrogen) atoms. The molecule has 1 aromatic rings. The maximum Gasteiger partial charge on any atom is 0.305 e. The Morgan fingerprint density at radius 1 is 1.50 bits per heavy atom. The normalized spacial score (nSPS) is 13.6. The molecule has 1 atom stereocenters. The number of aliphatic carboxylic acids is 1. The molecule has 110 valence electrons. The molecule has 0 aliphatic rings. The van der Waals surface area contributed by atoms with E-state index in [1.807, 2.05) is 0 Å². The van der Waals surface area contributed by atoms with Crippen molar-refractivity contribution in [1.82, 2.24) is 5.32 Å². The number of amides is 1. The van der Waals surface area contributed by atoms with Crippen LogP contribution in [0.2, 0.25) is 5.02 Å². The van der Waals surface area contributed by atoms with Crippen LogP contribution in [0.25, 0.3) is 0 Å². The number of nitrogens with one attached hydrogen (secondary N) is 1. The predicted octanol–water partition coefficient (Wildman–Crippen LogP) is 2.09. The molecule has 0 heterocycles. The van der Waals surface area contributed by atoms with Crippen LogP contribution in [-0.2, 0) is 9.53 Å². The van der Waals surface area contributed by atoms with Gasteiger partial charge in [0.25, 0.3) is 5.91 Å². The van der Waals surface area contributed by atoms with Crippen LogP contribution in [0.1, 0.15) is 23.7 Å². The van der Waals surface area contributed by atoms with E-state index in [0.29, 0.717) is 0 Å². The first-order valence-corrected chi connectivity index (χ1v) is 6.13. The first kappa shape index (κ1) is 16.4. The second-order valence-corrected chi connectivity index (χ2v) is 5.05. The lowest BCUT2D eigenvalue weighted by atomic mass is 9.98. The second kappa shape index (κ2) is 6.67. The summed E-state index contributed by atoms with van der Waals surface area (Å²) in [5, 5.41) is 11.3. The van der Waals surface area contributed by atoms with Gasteiger partial charge in [-0.1, -0.05) is 11.6 Å². The summed E-state index contributed by atoms with van der Waals surface area (Å²) in [7, 11) is 1.40. The SMILES string of the molecule is COCC(C)(CC(=O)O)NC(=O)c1ccc(Cl)c(F)c1. The lowest BCUT2D eigenvalue weighted by Gasteiger charge is -2.28. The van der Waals surface area contributed by atoms with Gasteiger partial charge in [0.05, 0.1) is 23.6 Å². The highest BCUT2D eigenvalue weighted by atomic mass is 35.5. The van der Waals surface area contributed by atoms with Gasteiger partial charge < -0.3 is 15.2 Å². The van der Waals surface area contributed by atoms with Gasteiger partial charge in [0, 0.05) is 12.7 Å². The van der Waals surface area contributed by atoms with Crippen LogP contribution in [0.4, 0.5) is 4.39 Å². The zero-order chi connectivity index (χ0) is 15.3. The maximum absolute atomic E-state index is 13.3. The van der Waals surface area contributed by atoms with E-state index in [1.165, 1.54) is 26.2 Å². The minimum atomic E-state index is -1.09. The molecule has 1 unspecified atom stereocenters. The van der Waals surface area contributed by atoms with Crippen LogP contribution in [0.3, 0.4) is 0 Å². The number of carboxylic acid groups (broad SMARTS) is 1. The first-order valence-electron chi connectivity index (χ1n) is 5.76. The Hall–Kier alpha value is -1.66. The Morgan fingerprint density at radius 3 is 2.65 bits per heavy atom. The minimum Gasteiger partial charge on any atom is -0.481 e. The molecule has 5 nitrogen and oxygen atoms in total. The monoisotopic (exact) mass is 303 g/mol. The maximum atomic E-state index is 13.3. The van der Waals surface area contributed by atoms with Gasteiger partial charge in [-0.3, -0.25) is 9.59 Å². The lowest BCUT2D eigenvalue weighted by molar-refractivity contribution is -0.139. The molecular weight excluding hydrogens is 289 g/mol. The van der Waals surface area contributed by atoms with Crippen molar-refractivity contribution in [1.29, 1.82) is 0 Å². The van der Waals surface area contributed by atoms with Crippen molar-refractivity contribution in [3.8, 4) is 0 Å². The molecule has 0 bridgehead atoms. The number of hydrogen-bond donors (Lipinski definition) is 2. The summed E-state index contributed by atoms with van der Waals surface area (Å²) >= 11 is 5.53. The van der Waals surface area contributed by atoms with E-state index in [2.05, 4.69) is 5.32 Å². The quantitative estimate of drug-likeness (QED) is 0.844. The van der Waals surface area contributed by atoms with E-state index in [1.54, 1.807) is 0 Å². The molecular formula is C13H15ClFNO4. The van der Waals surface area contributed by atoms with E-state index in [4.69, 9.17) is 21.4 Å². The Labute approximate surface area is 120 Å². The Morgan fingerprint density at radius 2 is 2.15 bits per heavy atom. The van der Waals surface area contributed by atoms with Crippen molar-refractivity contribution in [2.45, 2.75) is 18.9 Å². The number of carboxylic acids is 1. The average Bonchev–Trinajstić information content (AvgIpc) is 2.31. The molecule has 7 heteroatoms. The van der Waals surface area contributed by atoms with Crippen LogP contribution in [-0.4, -0.2) is 36.2 Å². The summed E-state index contributed by atoms with van der Waals surface area (Å²) in [6.45, 7) is 1.55. The number of halogens is 2. The largest absolute Gasteiger partial charge is 0.481 e. The zero-order valence-electron chi connectivity index (χ0n) is 11.1. The van der Waals surface area contributed by atoms with E-state index in [9.17, 15) is 14.0 Å². The third kappa shape index (κ3) is 4.47. The Bertz CT molecular complexity index is 523. The van der Waals surface area contributed by atoms with Gasteiger partial charge in [-0.25, -0.2) is 4.39 Å². The third-order valence-corrected chi connectivity index (χ3v) is 2.91. The molecule has 1 rings (SSSR count). The van der Waals surface area contributed by atoms with Gasteiger partial charge in [0.1, 0.15) is 5.82 Å². The number of ether oxygens (including phenoxy) is 1. The van der Waals surface area contributed by atoms with Gasteiger partial charge >= 0.3 is 5.97 Å². The van der Waals surface area contributed by atoms with Crippen molar-refractivity contribution in [3.05, 3.63) is 34.6 Å². The molecule has 0 aliphatic heterocycles. The number of methoxy groups -OCH3 is 1. The second-order valence-electron chi connectivity index (χ2n) is 4.65. The summed E-state index contributed by atoms with van der Waals surface area (Å²) in [6, 6.07) is 3.61. The van der Waals surface area contributed by atoms with Crippen molar-refractivity contribution in [3.63, 3.8) is 0 Å². The highest BCUT2D eigenvalue weighted by Gasteiger charge is 2.30. The molecule has 0 aromatic heterocycles. The Kier molecular flexibility index (Phi) is 5.47. The van der Waals surface area contributed by atoms with Gasteiger partial charge in [-0.15, -0.1) is 0 Å². The molecule has 0 aliphatic carbocycles. The van der Waals surface area contributed by atoms with Crippen LogP contribution >= 0.6 is 11.6 Å². The van der Waals surface area contributed by atoms with E-state index < -0.39 is 23.2 Å². The number of rotatable bonds is 6. The highest BCUT2D eigenvalue weighted by Crippen LogP contribution is 2.17. The summed E-state index contributed by atoms with van der Waals surface area (Å²) in [5.74, 6) is -2.39. The van der Waals surface area contributed by atoms with Gasteiger partial charge in [0.15, 0.2) is 0 Å². The molecule has 0 saturated carbocycles. The molecule has 0 spiro atoms. The fraction of sp³-hybridized carbons (Fsp3) is 0.385. The fourth-order valence-corrected chi connectivity index (χ4v) is 1.88. The van der Waals surface area contributed by atoms with E-state index in [0.717, 1.165) is 6.07 Å². The first-order chi connectivity index (χ1) is 9.27. The predicted molar refractivity (Wildman–Crippen MR) is 71.4 cm³/mol. The Balaban J connectivity index is 2.89. The van der Waals surface area contributed by atoms with Crippen molar-refractivity contribution >= 4 is 23.5 Å². The number of benzene rings is 1. The summed E-state index contributed by atoms with van der Waals surface area (Å²) < 4.78 is 18.2. The van der Waals surface area contributed by atoms with Crippen molar-refractivity contribution < 1.29 is 23.8 Å². The number of carbonyl (C=O) groups is 2. The van der Waals surface area contributed by atoms with Gasteiger partial charge in [0.2, 0.25) is 0 Å². The molecule has 0 fully saturated rings. The van der Waals surface area contributed by atoms with E-state index in [-0.39, 0.29) is 23.6 Å². The topological polar surface area (TPSA) is 75.6 Å².